The summed E-state index contributed by atoms with van der Waals surface area (Å²) in [7, 11) is 1.51. The van der Waals surface area contributed by atoms with Crippen molar-refractivity contribution in [2.45, 2.75) is 6.61 Å². The first-order chi connectivity index (χ1) is 13.5. The average molecular weight is 414 g/mol. The van der Waals surface area contributed by atoms with Crippen LogP contribution in [-0.4, -0.2) is 29.7 Å². The Morgan fingerprint density at radius 2 is 2.00 bits per heavy atom. The number of methoxy groups -OCH3 is 1. The van der Waals surface area contributed by atoms with E-state index >= 15 is 0 Å². The van der Waals surface area contributed by atoms with E-state index in [1.807, 2.05) is 30.3 Å². The maximum Gasteiger partial charge on any atom is 0.294 e. The van der Waals surface area contributed by atoms with Crippen LogP contribution in [0.15, 0.2) is 47.4 Å². The Bertz CT molecular complexity index is 982. The molecule has 1 heterocycles. The third-order valence-corrected chi connectivity index (χ3v) is 5.09. The van der Waals surface area contributed by atoms with Crippen LogP contribution >= 0.6 is 23.4 Å². The molecule has 0 aromatic heterocycles. The van der Waals surface area contributed by atoms with E-state index < -0.39 is 11.1 Å². The second-order valence-corrected chi connectivity index (χ2v) is 7.18. The second-order valence-electron chi connectivity index (χ2n) is 5.78. The molecule has 28 heavy (non-hydrogen) atoms. The summed E-state index contributed by atoms with van der Waals surface area (Å²) in [5.41, 5.74) is 1.60. The lowest BCUT2D eigenvalue weighted by Gasteiger charge is -2.13. The van der Waals surface area contributed by atoms with Gasteiger partial charge in [-0.05, 0) is 41.1 Å². The zero-order valence-electron chi connectivity index (χ0n) is 15.0. The molecule has 1 aliphatic rings. The standard InChI is InChI=1S/C21H16ClNO4S/c1-3-9-23-20(24)18(28-21(23)25)12-15-10-16(22)19(17(11-15)26-2)27-13-14-7-5-4-6-8-14/h1,4-8,10-12H,9,13H2,2H3/b18-12+. The van der Waals surface area contributed by atoms with E-state index in [4.69, 9.17) is 27.5 Å². The number of terminal acetylenes is 1. The third-order valence-electron chi connectivity index (χ3n) is 3.90. The number of imide groups is 1. The van der Waals surface area contributed by atoms with E-state index in [0.717, 1.165) is 22.2 Å². The largest absolute Gasteiger partial charge is 0.493 e. The molecule has 2 amide bonds. The maximum atomic E-state index is 12.3. The number of hydrogen-bond donors (Lipinski definition) is 0. The van der Waals surface area contributed by atoms with Gasteiger partial charge >= 0.3 is 0 Å². The normalized spacial score (nSPS) is 15.0. The number of hydrogen-bond acceptors (Lipinski definition) is 5. The Labute approximate surface area is 172 Å². The predicted molar refractivity (Wildman–Crippen MR) is 110 cm³/mol. The molecule has 0 spiro atoms. The van der Waals surface area contributed by atoms with Crippen molar-refractivity contribution in [1.29, 1.82) is 0 Å². The van der Waals surface area contributed by atoms with Gasteiger partial charge in [0, 0.05) is 0 Å². The fraction of sp³-hybridized carbons (Fsp3) is 0.143. The second kappa shape index (κ2) is 8.87. The highest BCUT2D eigenvalue weighted by Gasteiger charge is 2.34. The van der Waals surface area contributed by atoms with Gasteiger partial charge in [-0.3, -0.25) is 14.5 Å². The highest BCUT2D eigenvalue weighted by atomic mass is 35.5. The van der Waals surface area contributed by atoms with Gasteiger partial charge in [-0.2, -0.15) is 0 Å². The van der Waals surface area contributed by atoms with Crippen LogP contribution in [0.4, 0.5) is 4.79 Å². The van der Waals surface area contributed by atoms with E-state index in [-0.39, 0.29) is 11.4 Å². The molecule has 0 bridgehead atoms. The summed E-state index contributed by atoms with van der Waals surface area (Å²) < 4.78 is 11.2. The number of thioether (sulfide) groups is 1. The summed E-state index contributed by atoms with van der Waals surface area (Å²) in [6, 6.07) is 13.0. The lowest BCUT2D eigenvalue weighted by Crippen LogP contribution is -2.28. The van der Waals surface area contributed by atoms with Crippen molar-refractivity contribution in [2.75, 3.05) is 13.7 Å². The molecule has 142 valence electrons. The number of benzene rings is 2. The molecule has 0 atom stereocenters. The topological polar surface area (TPSA) is 55.8 Å². The highest BCUT2D eigenvalue weighted by molar-refractivity contribution is 8.18. The molecule has 2 aromatic rings. The summed E-state index contributed by atoms with van der Waals surface area (Å²) in [5, 5.41) is -0.0561. The van der Waals surface area contributed by atoms with Crippen LogP contribution in [0.5, 0.6) is 11.5 Å². The van der Waals surface area contributed by atoms with Crippen molar-refractivity contribution in [3.63, 3.8) is 0 Å². The molecule has 0 saturated carbocycles. The van der Waals surface area contributed by atoms with Crippen LogP contribution in [0, 0.1) is 12.3 Å². The number of ether oxygens (including phenoxy) is 2. The highest BCUT2D eigenvalue weighted by Crippen LogP contribution is 2.39. The van der Waals surface area contributed by atoms with Crippen LogP contribution in [-0.2, 0) is 11.4 Å². The Hall–Kier alpha value is -2.88. The first-order valence-corrected chi connectivity index (χ1v) is 9.46. The van der Waals surface area contributed by atoms with Gasteiger partial charge < -0.3 is 9.47 Å². The predicted octanol–water partition coefficient (Wildman–Crippen LogP) is 4.60. The first kappa shape index (κ1) is 19.9. The smallest absolute Gasteiger partial charge is 0.294 e. The molecule has 0 aliphatic carbocycles. The molecule has 2 aromatic carbocycles. The lowest BCUT2D eigenvalue weighted by atomic mass is 10.1. The van der Waals surface area contributed by atoms with E-state index in [1.165, 1.54) is 7.11 Å². The molecule has 0 radical (unpaired) electrons. The minimum atomic E-state index is -0.424. The van der Waals surface area contributed by atoms with Crippen LogP contribution in [0.25, 0.3) is 6.08 Å². The maximum absolute atomic E-state index is 12.3. The van der Waals surface area contributed by atoms with Gasteiger partial charge in [-0.15, -0.1) is 6.42 Å². The van der Waals surface area contributed by atoms with Crippen molar-refractivity contribution in [1.82, 2.24) is 4.90 Å². The van der Waals surface area contributed by atoms with Crippen molar-refractivity contribution in [3.05, 3.63) is 63.5 Å². The van der Waals surface area contributed by atoms with Crippen molar-refractivity contribution in [3.8, 4) is 23.8 Å². The summed E-state index contributed by atoms with van der Waals surface area (Å²) in [6.07, 6.45) is 6.78. The molecule has 5 nitrogen and oxygen atoms in total. The van der Waals surface area contributed by atoms with Gasteiger partial charge in [0.15, 0.2) is 11.5 Å². The lowest BCUT2D eigenvalue weighted by molar-refractivity contribution is -0.122. The van der Waals surface area contributed by atoms with Gasteiger partial charge in [0.2, 0.25) is 0 Å². The number of carbonyl (C=O) groups is 2. The van der Waals surface area contributed by atoms with Crippen molar-refractivity contribution in [2.24, 2.45) is 0 Å². The first-order valence-electron chi connectivity index (χ1n) is 8.26. The van der Waals surface area contributed by atoms with E-state index in [1.54, 1.807) is 18.2 Å². The van der Waals surface area contributed by atoms with Gasteiger partial charge in [0.25, 0.3) is 11.1 Å². The number of amides is 2. The molecule has 1 fully saturated rings. The SMILES string of the molecule is C#CCN1C(=O)S/C(=C/c2cc(Cl)c(OCc3ccccc3)c(OC)c2)C1=O. The summed E-state index contributed by atoms with van der Waals surface area (Å²) in [5.74, 6) is 2.72. The minimum Gasteiger partial charge on any atom is -0.493 e. The van der Waals surface area contributed by atoms with Gasteiger partial charge in [-0.1, -0.05) is 47.9 Å². The zero-order valence-corrected chi connectivity index (χ0v) is 16.5. The Morgan fingerprint density at radius 1 is 1.25 bits per heavy atom. The van der Waals surface area contributed by atoms with E-state index in [9.17, 15) is 9.59 Å². The molecule has 1 saturated heterocycles. The molecule has 0 unspecified atom stereocenters. The van der Waals surface area contributed by atoms with Gasteiger partial charge in [0.1, 0.15) is 6.61 Å². The third kappa shape index (κ3) is 4.33. The minimum absolute atomic E-state index is 0.0572. The number of carbonyl (C=O) groups excluding carboxylic acids is 2. The van der Waals surface area contributed by atoms with Crippen molar-refractivity contribution < 1.29 is 19.1 Å². The summed E-state index contributed by atoms with van der Waals surface area (Å²) in [4.78, 5) is 25.5. The Morgan fingerprint density at radius 3 is 2.68 bits per heavy atom. The molecule has 0 N–H and O–H groups in total. The Kier molecular flexibility index (Phi) is 6.30. The van der Waals surface area contributed by atoms with E-state index in [0.29, 0.717) is 28.7 Å². The molecule has 7 heteroatoms. The molecule has 3 rings (SSSR count). The van der Waals surface area contributed by atoms with Crippen LogP contribution in [0.2, 0.25) is 5.02 Å². The van der Waals surface area contributed by atoms with Crippen molar-refractivity contribution >= 4 is 40.6 Å². The van der Waals surface area contributed by atoms with Crippen LogP contribution < -0.4 is 9.47 Å². The number of rotatable bonds is 6. The zero-order chi connectivity index (χ0) is 20.1. The fourth-order valence-electron chi connectivity index (χ4n) is 2.57. The average Bonchev–Trinajstić information content (AvgIpc) is 2.95. The van der Waals surface area contributed by atoms with E-state index in [2.05, 4.69) is 5.92 Å². The summed E-state index contributed by atoms with van der Waals surface area (Å²) >= 11 is 7.21. The number of nitrogens with zero attached hydrogens (tertiary/aromatic N) is 1. The Balaban J connectivity index is 1.84. The summed E-state index contributed by atoms with van der Waals surface area (Å²) in [6.45, 7) is 0.277. The van der Waals surface area contributed by atoms with Crippen LogP contribution in [0.1, 0.15) is 11.1 Å². The van der Waals surface area contributed by atoms with Crippen LogP contribution in [0.3, 0.4) is 0 Å². The number of halogens is 1. The quantitative estimate of drug-likeness (QED) is 0.511. The van der Waals surface area contributed by atoms with Gasteiger partial charge in [-0.25, -0.2) is 0 Å². The molecular weight excluding hydrogens is 398 g/mol. The molecular formula is C21H16ClNO4S. The monoisotopic (exact) mass is 413 g/mol. The van der Waals surface area contributed by atoms with Gasteiger partial charge in [0.05, 0.1) is 23.6 Å². The molecule has 1 aliphatic heterocycles. The fourth-order valence-corrected chi connectivity index (χ4v) is 3.68.